The van der Waals surface area contributed by atoms with Crippen molar-refractivity contribution in [3.8, 4) is 0 Å². The summed E-state index contributed by atoms with van der Waals surface area (Å²) in [7, 11) is 3.35. The van der Waals surface area contributed by atoms with Crippen LogP contribution in [0, 0.1) is 0 Å². The molecule has 14 heavy (non-hydrogen) atoms. The van der Waals surface area contributed by atoms with Crippen molar-refractivity contribution in [3.63, 3.8) is 0 Å². The second-order valence-corrected chi connectivity index (χ2v) is 3.27. The number of hydrogen-bond donors (Lipinski definition) is 2. The van der Waals surface area contributed by atoms with Crippen molar-refractivity contribution < 1.29 is 9.53 Å². The maximum Gasteiger partial charge on any atom is 0.314 e. The summed E-state index contributed by atoms with van der Waals surface area (Å²) >= 11 is 0. The van der Waals surface area contributed by atoms with Gasteiger partial charge in [0.25, 0.3) is 0 Å². The highest BCUT2D eigenvalue weighted by atomic mass is 16.5. The maximum atomic E-state index is 10.7. The summed E-state index contributed by atoms with van der Waals surface area (Å²) < 4.78 is 4.95. The van der Waals surface area contributed by atoms with Crippen LogP contribution in [-0.4, -0.2) is 33.3 Å². The van der Waals surface area contributed by atoms with Crippen LogP contribution in [0.2, 0.25) is 0 Å². The molecule has 2 amide bonds. The monoisotopic (exact) mass is 202 g/mol. The highest BCUT2D eigenvalue weighted by Gasteiger charge is 1.94. The van der Waals surface area contributed by atoms with Crippen molar-refractivity contribution in [2.24, 2.45) is 0 Å². The molecular formula is C10H22N2O2. The lowest BCUT2D eigenvalue weighted by Crippen LogP contribution is -2.33. The first-order valence-electron chi connectivity index (χ1n) is 5.25. The number of ether oxygens (including phenoxy) is 1. The Morgan fingerprint density at radius 1 is 1.14 bits per heavy atom. The van der Waals surface area contributed by atoms with E-state index in [0.29, 0.717) is 0 Å². The van der Waals surface area contributed by atoms with E-state index in [-0.39, 0.29) is 6.03 Å². The van der Waals surface area contributed by atoms with Gasteiger partial charge < -0.3 is 15.4 Å². The van der Waals surface area contributed by atoms with Gasteiger partial charge in [0.15, 0.2) is 0 Å². The number of urea groups is 1. The standard InChI is InChI=1S/C10H22N2O2/c1-11-10(13)12-8-6-4-3-5-7-9-14-2/h3-9H2,1-2H3,(H2,11,12,13). The van der Waals surface area contributed by atoms with Crippen LogP contribution in [0.4, 0.5) is 4.79 Å². The predicted molar refractivity (Wildman–Crippen MR) is 57.4 cm³/mol. The molecule has 0 aromatic rings. The first-order valence-corrected chi connectivity index (χ1v) is 5.25. The van der Waals surface area contributed by atoms with E-state index in [1.807, 2.05) is 0 Å². The number of amides is 2. The smallest absolute Gasteiger partial charge is 0.314 e. The molecule has 0 rings (SSSR count). The molecule has 0 spiro atoms. The molecule has 0 aromatic heterocycles. The Labute approximate surface area is 86.4 Å². The molecule has 0 saturated carbocycles. The van der Waals surface area contributed by atoms with Crippen LogP contribution < -0.4 is 10.6 Å². The Hall–Kier alpha value is -0.770. The van der Waals surface area contributed by atoms with Gasteiger partial charge in [-0.3, -0.25) is 0 Å². The zero-order valence-electron chi connectivity index (χ0n) is 9.27. The van der Waals surface area contributed by atoms with Gasteiger partial charge >= 0.3 is 6.03 Å². The summed E-state index contributed by atoms with van der Waals surface area (Å²) in [5.74, 6) is 0. The molecule has 4 heteroatoms. The van der Waals surface area contributed by atoms with Crippen molar-refractivity contribution >= 4 is 6.03 Å². The Morgan fingerprint density at radius 3 is 2.43 bits per heavy atom. The van der Waals surface area contributed by atoms with Gasteiger partial charge in [-0.1, -0.05) is 19.3 Å². The lowest BCUT2D eigenvalue weighted by molar-refractivity contribution is 0.192. The molecule has 0 aliphatic carbocycles. The molecule has 2 N–H and O–H groups in total. The van der Waals surface area contributed by atoms with Crippen molar-refractivity contribution in [1.82, 2.24) is 10.6 Å². The van der Waals surface area contributed by atoms with Crippen molar-refractivity contribution in [3.05, 3.63) is 0 Å². The maximum absolute atomic E-state index is 10.7. The van der Waals surface area contributed by atoms with E-state index in [1.165, 1.54) is 19.3 Å². The van der Waals surface area contributed by atoms with Gasteiger partial charge in [0.1, 0.15) is 0 Å². The molecule has 0 aromatic carbocycles. The number of nitrogens with one attached hydrogen (secondary N) is 2. The van der Waals surface area contributed by atoms with Crippen molar-refractivity contribution in [2.75, 3.05) is 27.3 Å². The van der Waals surface area contributed by atoms with Crippen LogP contribution in [0.3, 0.4) is 0 Å². The average Bonchev–Trinajstić information content (AvgIpc) is 2.21. The van der Waals surface area contributed by atoms with Gasteiger partial charge in [-0.05, 0) is 12.8 Å². The van der Waals surface area contributed by atoms with Gasteiger partial charge in [0.05, 0.1) is 0 Å². The Bertz CT molecular complexity index is 140. The molecule has 0 aliphatic rings. The Kier molecular flexibility index (Phi) is 9.74. The zero-order valence-corrected chi connectivity index (χ0v) is 9.27. The summed E-state index contributed by atoms with van der Waals surface area (Å²) in [5, 5.41) is 5.28. The van der Waals surface area contributed by atoms with E-state index < -0.39 is 0 Å². The summed E-state index contributed by atoms with van der Waals surface area (Å²) in [6.07, 6.45) is 5.81. The normalized spacial score (nSPS) is 9.86. The molecule has 0 aliphatic heterocycles. The van der Waals surface area contributed by atoms with Crippen molar-refractivity contribution in [2.45, 2.75) is 32.1 Å². The lowest BCUT2D eigenvalue weighted by Gasteiger charge is -2.03. The summed E-state index contributed by atoms with van der Waals surface area (Å²) in [6, 6.07) is -0.0932. The predicted octanol–water partition coefficient (Wildman–Crippen LogP) is 1.51. The number of unbranched alkanes of at least 4 members (excludes halogenated alkanes) is 4. The van der Waals surface area contributed by atoms with E-state index in [2.05, 4.69) is 10.6 Å². The Morgan fingerprint density at radius 2 is 1.79 bits per heavy atom. The minimum absolute atomic E-state index is 0.0932. The molecule has 0 fully saturated rings. The fourth-order valence-electron chi connectivity index (χ4n) is 1.19. The van der Waals surface area contributed by atoms with Gasteiger partial charge in [0, 0.05) is 27.3 Å². The number of rotatable bonds is 8. The number of hydrogen-bond acceptors (Lipinski definition) is 2. The number of methoxy groups -OCH3 is 1. The first-order chi connectivity index (χ1) is 6.81. The molecule has 0 heterocycles. The fraction of sp³-hybridized carbons (Fsp3) is 0.900. The zero-order chi connectivity index (χ0) is 10.6. The van der Waals surface area contributed by atoms with Crippen LogP contribution in [0.15, 0.2) is 0 Å². The first kappa shape index (κ1) is 13.2. The highest BCUT2D eigenvalue weighted by Crippen LogP contribution is 2.01. The third-order valence-electron chi connectivity index (χ3n) is 2.04. The van der Waals surface area contributed by atoms with E-state index >= 15 is 0 Å². The van der Waals surface area contributed by atoms with Gasteiger partial charge in [-0.25, -0.2) is 4.79 Å². The molecular weight excluding hydrogens is 180 g/mol. The van der Waals surface area contributed by atoms with Gasteiger partial charge in [-0.2, -0.15) is 0 Å². The average molecular weight is 202 g/mol. The van der Waals surface area contributed by atoms with E-state index in [9.17, 15) is 4.79 Å². The van der Waals surface area contributed by atoms with Crippen LogP contribution >= 0.6 is 0 Å². The van der Waals surface area contributed by atoms with Crippen LogP contribution in [0.25, 0.3) is 0 Å². The molecule has 0 unspecified atom stereocenters. The Balaban J connectivity index is 2.95. The molecule has 0 saturated heterocycles. The molecule has 4 nitrogen and oxygen atoms in total. The largest absolute Gasteiger partial charge is 0.385 e. The SMILES string of the molecule is CNC(=O)NCCCCCCCOC. The highest BCUT2D eigenvalue weighted by molar-refractivity contribution is 5.73. The summed E-state index contributed by atoms with van der Waals surface area (Å²) in [4.78, 5) is 10.7. The van der Waals surface area contributed by atoms with Gasteiger partial charge in [0.2, 0.25) is 0 Å². The van der Waals surface area contributed by atoms with Crippen LogP contribution in [0.5, 0.6) is 0 Å². The van der Waals surface area contributed by atoms with Crippen LogP contribution in [-0.2, 0) is 4.74 Å². The minimum Gasteiger partial charge on any atom is -0.385 e. The fourth-order valence-corrected chi connectivity index (χ4v) is 1.19. The summed E-state index contributed by atoms with van der Waals surface area (Å²) in [6.45, 7) is 1.63. The van der Waals surface area contributed by atoms with E-state index in [4.69, 9.17) is 4.74 Å². The van der Waals surface area contributed by atoms with Crippen molar-refractivity contribution in [1.29, 1.82) is 0 Å². The lowest BCUT2D eigenvalue weighted by atomic mass is 10.1. The summed E-state index contributed by atoms with van der Waals surface area (Å²) in [5.41, 5.74) is 0. The molecule has 0 radical (unpaired) electrons. The van der Waals surface area contributed by atoms with E-state index in [1.54, 1.807) is 14.2 Å². The molecule has 0 bridgehead atoms. The number of carbonyl (C=O) groups is 1. The van der Waals surface area contributed by atoms with E-state index in [0.717, 1.165) is 26.0 Å². The second-order valence-electron chi connectivity index (χ2n) is 3.27. The second kappa shape index (κ2) is 10.3. The topological polar surface area (TPSA) is 50.4 Å². The third kappa shape index (κ3) is 9.32. The minimum atomic E-state index is -0.0932. The molecule has 0 atom stereocenters. The number of carbonyl (C=O) groups excluding carboxylic acids is 1. The third-order valence-corrected chi connectivity index (χ3v) is 2.04. The van der Waals surface area contributed by atoms with Crippen LogP contribution in [0.1, 0.15) is 32.1 Å². The molecule has 84 valence electrons. The quantitative estimate of drug-likeness (QED) is 0.586. The van der Waals surface area contributed by atoms with Gasteiger partial charge in [-0.15, -0.1) is 0 Å².